The minimum Gasteiger partial charge on any atom is -0.368 e. The van der Waals surface area contributed by atoms with E-state index in [2.05, 4.69) is 5.32 Å². The first-order valence-corrected chi connectivity index (χ1v) is 5.82. The second-order valence-electron chi connectivity index (χ2n) is 2.84. The Morgan fingerprint density at radius 3 is 2.69 bits per heavy atom. The van der Waals surface area contributed by atoms with Crippen LogP contribution in [-0.4, -0.2) is 41.3 Å². The van der Waals surface area contributed by atoms with Crippen LogP contribution in [0, 0.1) is 0 Å². The molecule has 0 saturated heterocycles. The fraction of sp³-hybridized carbons (Fsp3) is 0.857. The van der Waals surface area contributed by atoms with Crippen molar-refractivity contribution in [1.82, 2.24) is 5.32 Å². The highest BCUT2D eigenvalue weighted by molar-refractivity contribution is 7.84. The van der Waals surface area contributed by atoms with Gasteiger partial charge in [0.05, 0.1) is 6.04 Å². The molecule has 0 saturated carbocycles. The summed E-state index contributed by atoms with van der Waals surface area (Å²) >= 11 is 0. The van der Waals surface area contributed by atoms with Gasteiger partial charge in [0.1, 0.15) is 0 Å². The molecule has 0 bridgehead atoms. The first-order valence-electron chi connectivity index (χ1n) is 4.09. The summed E-state index contributed by atoms with van der Waals surface area (Å²) in [6, 6.07) is -0.632. The van der Waals surface area contributed by atoms with Crippen molar-refractivity contribution in [1.29, 1.82) is 0 Å². The Morgan fingerprint density at radius 2 is 2.23 bits per heavy atom. The molecule has 5 nitrogen and oxygen atoms in total. The van der Waals surface area contributed by atoms with Gasteiger partial charge < -0.3 is 16.8 Å². The molecule has 2 unspecified atom stereocenters. The molecule has 0 rings (SSSR count). The zero-order valence-electron chi connectivity index (χ0n) is 7.79. The normalized spacial score (nSPS) is 15.2. The van der Waals surface area contributed by atoms with E-state index in [1.165, 1.54) is 0 Å². The third kappa shape index (κ3) is 7.89. The van der Waals surface area contributed by atoms with Gasteiger partial charge in [-0.05, 0) is 13.0 Å². The molecular weight excluding hydrogens is 190 g/mol. The number of amides is 1. The molecule has 0 aliphatic carbocycles. The van der Waals surface area contributed by atoms with Crippen LogP contribution in [0.25, 0.3) is 0 Å². The molecule has 5 N–H and O–H groups in total. The molecule has 78 valence electrons. The summed E-state index contributed by atoms with van der Waals surface area (Å²) in [5.41, 5.74) is 10.3. The van der Waals surface area contributed by atoms with Crippen molar-refractivity contribution in [2.45, 2.75) is 12.5 Å². The molecule has 1 amide bonds. The van der Waals surface area contributed by atoms with Crippen LogP contribution in [0.2, 0.25) is 0 Å². The van der Waals surface area contributed by atoms with Gasteiger partial charge in [-0.3, -0.25) is 9.00 Å². The Bertz CT molecular complexity index is 187. The van der Waals surface area contributed by atoms with E-state index >= 15 is 0 Å². The van der Waals surface area contributed by atoms with Crippen molar-refractivity contribution in [2.24, 2.45) is 11.5 Å². The topological polar surface area (TPSA) is 98.2 Å². The highest BCUT2D eigenvalue weighted by Crippen LogP contribution is 1.81. The molecule has 0 aliphatic heterocycles. The summed E-state index contributed by atoms with van der Waals surface area (Å²) in [6.07, 6.45) is 2.48. The van der Waals surface area contributed by atoms with Crippen LogP contribution in [0.4, 0.5) is 0 Å². The molecule has 0 fully saturated rings. The van der Waals surface area contributed by atoms with Crippen molar-refractivity contribution in [3.05, 3.63) is 0 Å². The fourth-order valence-corrected chi connectivity index (χ4v) is 1.31. The summed E-state index contributed by atoms with van der Waals surface area (Å²) < 4.78 is 10.6. The fourth-order valence-electron chi connectivity index (χ4n) is 0.759. The van der Waals surface area contributed by atoms with E-state index < -0.39 is 22.7 Å². The highest BCUT2D eigenvalue weighted by Gasteiger charge is 2.06. The van der Waals surface area contributed by atoms with Crippen LogP contribution >= 0.6 is 0 Å². The lowest BCUT2D eigenvalue weighted by atomic mass is 10.3. The van der Waals surface area contributed by atoms with E-state index in [1.807, 2.05) is 0 Å². The van der Waals surface area contributed by atoms with E-state index in [0.717, 1.165) is 6.42 Å². The number of primary amides is 1. The lowest BCUT2D eigenvalue weighted by Crippen LogP contribution is -2.44. The minimum absolute atomic E-state index is 0.381. The van der Waals surface area contributed by atoms with Gasteiger partial charge in [-0.1, -0.05) is 0 Å². The van der Waals surface area contributed by atoms with E-state index in [1.54, 1.807) is 6.26 Å². The first-order chi connectivity index (χ1) is 6.04. The Hall–Kier alpha value is -0.460. The molecule has 0 aliphatic rings. The van der Waals surface area contributed by atoms with Crippen molar-refractivity contribution >= 4 is 16.7 Å². The Kier molecular flexibility index (Phi) is 6.75. The average Bonchev–Trinajstić information content (AvgIpc) is 2.02. The maximum atomic E-state index is 10.6. The molecule has 0 aromatic carbocycles. The number of carbonyl (C=O) groups excluding carboxylic acids is 1. The van der Waals surface area contributed by atoms with E-state index in [-0.39, 0.29) is 0 Å². The lowest BCUT2D eigenvalue weighted by Gasteiger charge is -2.08. The largest absolute Gasteiger partial charge is 0.368 e. The maximum absolute atomic E-state index is 10.6. The van der Waals surface area contributed by atoms with E-state index in [0.29, 0.717) is 18.8 Å². The molecule has 2 atom stereocenters. The van der Waals surface area contributed by atoms with Gasteiger partial charge in [-0.15, -0.1) is 0 Å². The molecule has 0 aromatic rings. The molecular formula is C7H17N3O2S. The number of hydrogen-bond donors (Lipinski definition) is 3. The Labute approximate surface area is 80.7 Å². The van der Waals surface area contributed by atoms with Crippen LogP contribution in [-0.2, 0) is 15.6 Å². The Morgan fingerprint density at radius 1 is 1.62 bits per heavy atom. The van der Waals surface area contributed by atoms with Gasteiger partial charge in [0.15, 0.2) is 0 Å². The molecule has 0 heterocycles. The predicted molar refractivity (Wildman–Crippen MR) is 53.6 cm³/mol. The van der Waals surface area contributed by atoms with Crippen LogP contribution in [0.5, 0.6) is 0 Å². The third-order valence-corrected chi connectivity index (χ3v) is 2.38. The molecule has 0 radical (unpaired) electrons. The van der Waals surface area contributed by atoms with Gasteiger partial charge in [0.25, 0.3) is 0 Å². The second kappa shape index (κ2) is 6.99. The van der Waals surface area contributed by atoms with Crippen LogP contribution in [0.3, 0.4) is 0 Å². The number of nitrogens with one attached hydrogen (secondary N) is 1. The predicted octanol–water partition coefficient (Wildman–Crippen LogP) is -1.84. The van der Waals surface area contributed by atoms with Crippen molar-refractivity contribution in [3.63, 3.8) is 0 Å². The molecule has 0 aromatic heterocycles. The average molecular weight is 207 g/mol. The van der Waals surface area contributed by atoms with Gasteiger partial charge in [-0.25, -0.2) is 0 Å². The molecule has 6 heteroatoms. The third-order valence-electron chi connectivity index (χ3n) is 1.52. The van der Waals surface area contributed by atoms with Crippen molar-refractivity contribution in [2.75, 3.05) is 25.1 Å². The quantitative estimate of drug-likeness (QED) is 0.427. The number of rotatable bonds is 7. The van der Waals surface area contributed by atoms with Crippen LogP contribution in [0.15, 0.2) is 0 Å². The summed E-state index contributed by atoms with van der Waals surface area (Å²) in [5.74, 6) is 0.158. The number of nitrogens with two attached hydrogens (primary N) is 2. The Balaban J connectivity index is 3.26. The van der Waals surface area contributed by atoms with Gasteiger partial charge in [-0.2, -0.15) is 0 Å². The number of carbonyl (C=O) groups is 1. The second-order valence-corrected chi connectivity index (χ2v) is 4.40. The van der Waals surface area contributed by atoms with E-state index in [4.69, 9.17) is 11.5 Å². The maximum Gasteiger partial charge on any atom is 0.235 e. The summed E-state index contributed by atoms with van der Waals surface area (Å²) in [6.45, 7) is 1.09. The van der Waals surface area contributed by atoms with E-state index in [9.17, 15) is 9.00 Å². The zero-order chi connectivity index (χ0) is 10.3. The summed E-state index contributed by atoms with van der Waals surface area (Å²) in [5, 5.41) is 2.96. The monoisotopic (exact) mass is 207 g/mol. The van der Waals surface area contributed by atoms with Gasteiger partial charge in [0, 0.05) is 29.4 Å². The summed E-state index contributed by atoms with van der Waals surface area (Å²) in [7, 11) is -0.751. The lowest BCUT2D eigenvalue weighted by molar-refractivity contribution is -0.119. The smallest absolute Gasteiger partial charge is 0.235 e. The molecule has 0 spiro atoms. The van der Waals surface area contributed by atoms with Gasteiger partial charge in [0.2, 0.25) is 5.91 Å². The highest BCUT2D eigenvalue weighted by atomic mass is 32.2. The van der Waals surface area contributed by atoms with Crippen LogP contribution in [0.1, 0.15) is 6.42 Å². The molecule has 13 heavy (non-hydrogen) atoms. The SMILES string of the molecule is CS(=O)CCCNCC(N)C(N)=O. The minimum atomic E-state index is -0.751. The van der Waals surface area contributed by atoms with Gasteiger partial charge >= 0.3 is 0 Å². The van der Waals surface area contributed by atoms with Crippen molar-refractivity contribution in [3.8, 4) is 0 Å². The standard InChI is InChI=1S/C7H17N3O2S/c1-13(12)4-2-3-10-5-6(8)7(9)11/h6,10H,2-5,8H2,1H3,(H2,9,11). The van der Waals surface area contributed by atoms with Crippen molar-refractivity contribution < 1.29 is 9.00 Å². The first kappa shape index (κ1) is 12.5. The zero-order valence-corrected chi connectivity index (χ0v) is 8.60. The summed E-state index contributed by atoms with van der Waals surface area (Å²) in [4.78, 5) is 10.5. The van der Waals surface area contributed by atoms with Crippen LogP contribution < -0.4 is 16.8 Å². The number of hydrogen-bond acceptors (Lipinski definition) is 4.